The van der Waals surface area contributed by atoms with Crippen LogP contribution in [-0.4, -0.2) is 35.5 Å². The van der Waals surface area contributed by atoms with Gasteiger partial charge in [-0.25, -0.2) is 4.79 Å². The van der Waals surface area contributed by atoms with Gasteiger partial charge < -0.3 is 9.64 Å². The maximum atomic E-state index is 13.7. The second kappa shape index (κ2) is 7.38. The Morgan fingerprint density at radius 3 is 2.21 bits per heavy atom. The fraction of sp³-hybridized carbons (Fsp3) is 0.231. The normalized spacial score (nSPS) is 25.1. The molecule has 3 aliphatic rings. The van der Waals surface area contributed by atoms with Gasteiger partial charge >= 0.3 is 5.97 Å². The van der Waals surface area contributed by atoms with Crippen LogP contribution in [0.1, 0.15) is 23.6 Å². The molecule has 1 amide bonds. The lowest BCUT2D eigenvalue weighted by molar-refractivity contribution is -0.169. The van der Waals surface area contributed by atoms with Crippen LogP contribution in [0.15, 0.2) is 84.0 Å². The maximum absolute atomic E-state index is 13.7. The van der Waals surface area contributed by atoms with Gasteiger partial charge in [-0.1, -0.05) is 84.0 Å². The highest BCUT2D eigenvalue weighted by atomic mass is 32.2. The fourth-order valence-electron chi connectivity index (χ4n) is 5.77. The average Bonchev–Trinajstić information content (AvgIpc) is 3.33. The molecule has 2 aliphatic heterocycles. The van der Waals surface area contributed by atoms with Crippen LogP contribution in [0.4, 0.5) is 0 Å². The summed E-state index contributed by atoms with van der Waals surface area (Å²) < 4.78 is 4.66. The van der Waals surface area contributed by atoms with Gasteiger partial charge in [0.1, 0.15) is 9.62 Å². The number of β-lactam (4-membered cyclic amide) rings is 1. The van der Waals surface area contributed by atoms with E-state index in [1.165, 1.54) is 11.8 Å². The van der Waals surface area contributed by atoms with E-state index >= 15 is 0 Å². The van der Waals surface area contributed by atoms with Crippen molar-refractivity contribution in [3.05, 3.63) is 106 Å². The predicted octanol–water partition coefficient (Wildman–Crippen LogP) is 4.96. The van der Waals surface area contributed by atoms with Gasteiger partial charge in [-0.05, 0) is 40.3 Å². The van der Waals surface area contributed by atoms with E-state index in [0.717, 1.165) is 27.8 Å². The molecule has 3 aromatic rings. The molecule has 1 spiro atoms. The molecule has 8 heteroatoms. The van der Waals surface area contributed by atoms with Crippen molar-refractivity contribution in [2.45, 2.75) is 28.6 Å². The number of carbonyl (C=O) groups excluding carboxylic acids is 2. The summed E-state index contributed by atoms with van der Waals surface area (Å²) >= 11 is 1.51. The van der Waals surface area contributed by atoms with Crippen molar-refractivity contribution in [1.82, 2.24) is 4.90 Å². The zero-order valence-corrected chi connectivity index (χ0v) is 19.1. The maximum Gasteiger partial charge on any atom is 0.331 e. The van der Waals surface area contributed by atoms with Crippen molar-refractivity contribution in [2.24, 2.45) is 5.11 Å². The zero-order valence-electron chi connectivity index (χ0n) is 18.3. The minimum atomic E-state index is -1.04. The number of azide groups is 1. The highest BCUT2D eigenvalue weighted by Gasteiger charge is 2.77. The van der Waals surface area contributed by atoms with E-state index in [2.05, 4.69) is 10.0 Å². The number of fused-ring (bicyclic) bond motifs is 6. The predicted molar refractivity (Wildman–Crippen MR) is 129 cm³/mol. The van der Waals surface area contributed by atoms with E-state index in [-0.39, 0.29) is 12.5 Å². The molecule has 0 unspecified atom stereocenters. The van der Waals surface area contributed by atoms with Crippen molar-refractivity contribution in [2.75, 3.05) is 6.61 Å². The number of ether oxygens (including phenoxy) is 1. The number of nitrogens with zero attached hydrogens (tertiary/aromatic N) is 4. The Morgan fingerprint density at radius 2 is 1.62 bits per heavy atom. The first kappa shape index (κ1) is 20.8. The molecule has 0 radical (unpaired) electrons. The molecule has 2 heterocycles. The van der Waals surface area contributed by atoms with Gasteiger partial charge in [0.2, 0.25) is 5.91 Å². The minimum absolute atomic E-state index is 0.194. The van der Waals surface area contributed by atoms with Gasteiger partial charge in [-0.3, -0.25) is 4.79 Å². The Kier molecular flexibility index (Phi) is 4.52. The molecule has 2 saturated heterocycles. The summed E-state index contributed by atoms with van der Waals surface area (Å²) in [6.07, 6.45) is 0. The molecule has 0 N–H and O–H groups in total. The summed E-state index contributed by atoms with van der Waals surface area (Å²) in [6.45, 7) is 1.95. The van der Waals surface area contributed by atoms with Crippen molar-refractivity contribution < 1.29 is 14.3 Å². The van der Waals surface area contributed by atoms with Gasteiger partial charge in [0.25, 0.3) is 0 Å². The largest absolute Gasteiger partial charge is 0.464 e. The lowest BCUT2D eigenvalue weighted by Crippen LogP contribution is -2.70. The number of thioether (sulfide) groups is 1. The zero-order chi connectivity index (χ0) is 23.5. The first-order valence-electron chi connectivity index (χ1n) is 11.1. The molecule has 168 valence electrons. The van der Waals surface area contributed by atoms with Crippen molar-refractivity contribution in [3.8, 4) is 11.1 Å². The number of benzene rings is 3. The second-order valence-corrected chi connectivity index (χ2v) is 9.93. The Hall–Kier alpha value is -3.74. The van der Waals surface area contributed by atoms with E-state index in [0.29, 0.717) is 0 Å². The molecular formula is C26H20N4O3S. The highest BCUT2D eigenvalue weighted by molar-refractivity contribution is 8.02. The number of esters is 1. The number of hydrogen-bond donors (Lipinski definition) is 0. The summed E-state index contributed by atoms with van der Waals surface area (Å²) in [7, 11) is 0. The third kappa shape index (κ3) is 2.36. The molecule has 3 atom stereocenters. The molecule has 2 fully saturated rings. The van der Waals surface area contributed by atoms with Gasteiger partial charge in [0.05, 0.1) is 6.61 Å². The van der Waals surface area contributed by atoms with Crippen molar-refractivity contribution >= 4 is 23.6 Å². The molecule has 0 saturated carbocycles. The van der Waals surface area contributed by atoms with Crippen LogP contribution in [0.2, 0.25) is 0 Å². The van der Waals surface area contributed by atoms with Crippen LogP contribution in [0.5, 0.6) is 0 Å². The molecular weight excluding hydrogens is 448 g/mol. The third-order valence-electron chi connectivity index (χ3n) is 6.97. The molecule has 6 rings (SSSR count). The van der Waals surface area contributed by atoms with Crippen LogP contribution in [-0.2, 0) is 23.9 Å². The number of amides is 1. The minimum Gasteiger partial charge on any atom is -0.464 e. The van der Waals surface area contributed by atoms with Crippen LogP contribution in [0, 0.1) is 0 Å². The van der Waals surface area contributed by atoms with Crippen molar-refractivity contribution in [1.29, 1.82) is 0 Å². The molecule has 34 heavy (non-hydrogen) atoms. The van der Waals surface area contributed by atoms with Crippen LogP contribution in [0.25, 0.3) is 21.6 Å². The van der Waals surface area contributed by atoms with E-state index in [1.54, 1.807) is 11.8 Å². The SMILES string of the molecule is CCOC(=O)[C@H]1N2C(=O)[C@@H](N=[N+]=[N-])[C@@]2(c2ccccc2)SC12c1ccccc1-c1ccccc12. The summed E-state index contributed by atoms with van der Waals surface area (Å²) in [5.41, 5.74) is 14.1. The Labute approximate surface area is 200 Å². The Balaban J connectivity index is 1.69. The Morgan fingerprint density at radius 1 is 1.03 bits per heavy atom. The second-order valence-electron chi connectivity index (χ2n) is 8.46. The van der Waals surface area contributed by atoms with E-state index < -0.39 is 27.7 Å². The summed E-state index contributed by atoms with van der Waals surface area (Å²) in [6, 6.07) is 23.6. The fourth-order valence-corrected chi connectivity index (χ4v) is 7.96. The van der Waals surface area contributed by atoms with Crippen LogP contribution in [0.3, 0.4) is 0 Å². The lowest BCUT2D eigenvalue weighted by atomic mass is 9.81. The number of carbonyl (C=O) groups is 2. The quantitative estimate of drug-likeness (QED) is 0.178. The summed E-state index contributed by atoms with van der Waals surface area (Å²) in [5, 5.41) is 3.92. The molecule has 7 nitrogen and oxygen atoms in total. The standard InChI is InChI=1S/C26H20N4O3S/c1-2-33-24(32)22-25(19-14-8-6-12-17(19)18-13-7-9-15-20(18)25)34-26(16-10-4-3-5-11-16)21(28-29-27)23(31)30(22)26/h3-15,21-22H,2H2,1H3/t21-,22-,26-/m1/s1. The van der Waals surface area contributed by atoms with Crippen molar-refractivity contribution in [3.63, 3.8) is 0 Å². The first-order valence-corrected chi connectivity index (χ1v) is 11.9. The molecule has 1 aliphatic carbocycles. The monoisotopic (exact) mass is 468 g/mol. The van der Waals surface area contributed by atoms with Gasteiger partial charge in [-0.15, -0.1) is 11.8 Å². The average molecular weight is 469 g/mol. The smallest absolute Gasteiger partial charge is 0.331 e. The number of rotatable bonds is 4. The first-order chi connectivity index (χ1) is 16.6. The summed E-state index contributed by atoms with van der Waals surface area (Å²) in [4.78, 5) is 30.8. The third-order valence-corrected chi connectivity index (χ3v) is 8.92. The van der Waals surface area contributed by atoms with E-state index in [1.807, 2.05) is 78.9 Å². The van der Waals surface area contributed by atoms with Crippen LogP contribution >= 0.6 is 11.8 Å². The molecule has 0 bridgehead atoms. The lowest BCUT2D eigenvalue weighted by Gasteiger charge is -2.52. The van der Waals surface area contributed by atoms with Crippen LogP contribution < -0.4 is 0 Å². The van der Waals surface area contributed by atoms with Gasteiger partial charge in [0.15, 0.2) is 12.1 Å². The van der Waals surface area contributed by atoms with E-state index in [9.17, 15) is 15.1 Å². The summed E-state index contributed by atoms with van der Waals surface area (Å²) in [5.74, 6) is -0.835. The molecule has 3 aromatic carbocycles. The highest BCUT2D eigenvalue weighted by Crippen LogP contribution is 2.73. The number of hydrogen-bond acceptors (Lipinski definition) is 5. The van der Waals surface area contributed by atoms with E-state index in [4.69, 9.17) is 4.74 Å². The molecule has 0 aromatic heterocycles. The Bertz CT molecular complexity index is 1340. The topological polar surface area (TPSA) is 95.4 Å². The van der Waals surface area contributed by atoms with Gasteiger partial charge in [-0.2, -0.15) is 0 Å². The van der Waals surface area contributed by atoms with Gasteiger partial charge in [0, 0.05) is 4.91 Å².